The normalized spacial score (nSPS) is 12.2. The van der Waals surface area contributed by atoms with Crippen LogP contribution in [0.3, 0.4) is 0 Å². The molecule has 1 nitrogen and oxygen atoms in total. The molecule has 0 saturated carbocycles. The fraction of sp³-hybridized carbons (Fsp3) is 0.647. The summed E-state index contributed by atoms with van der Waals surface area (Å²) in [6, 6.07) is 5.10. The molecule has 0 aliphatic carbocycles. The summed E-state index contributed by atoms with van der Waals surface area (Å²) in [6.07, 6.45) is 2.94. The van der Waals surface area contributed by atoms with Crippen LogP contribution in [0.2, 0.25) is 5.02 Å². The highest BCUT2D eigenvalue weighted by Gasteiger charge is 2.27. The average molecular weight is 300 g/mol. The summed E-state index contributed by atoms with van der Waals surface area (Å²) in [4.78, 5) is 0. The van der Waals surface area contributed by atoms with Gasteiger partial charge in [-0.3, -0.25) is 0 Å². The molecule has 0 aliphatic heterocycles. The van der Waals surface area contributed by atoms with Crippen molar-refractivity contribution in [1.29, 1.82) is 0 Å². The number of hydrogen-bond acceptors (Lipinski definition) is 1. The van der Waals surface area contributed by atoms with E-state index >= 15 is 0 Å². The Hall–Kier alpha value is -0.600. The van der Waals surface area contributed by atoms with Crippen LogP contribution in [0.4, 0.5) is 4.39 Å². The average Bonchev–Trinajstić information content (AvgIpc) is 2.42. The minimum atomic E-state index is -0.319. The predicted octanol–water partition coefficient (Wildman–Crippen LogP) is 5.07. The van der Waals surface area contributed by atoms with Gasteiger partial charge < -0.3 is 5.32 Å². The molecule has 20 heavy (non-hydrogen) atoms. The molecule has 1 aromatic carbocycles. The first kappa shape index (κ1) is 17.5. The Morgan fingerprint density at radius 3 is 2.45 bits per heavy atom. The number of rotatable bonds is 8. The standard InChI is InChI=1S/C17H27ClFN/c1-5-17(6-2,12-20-11-13(3)4)10-14-8-7-9-15(19)16(14)18/h7-9,13,20H,5-6,10-12H2,1-4H3. The maximum absolute atomic E-state index is 13.6. The van der Waals surface area contributed by atoms with Crippen LogP contribution in [0, 0.1) is 17.2 Å². The highest BCUT2D eigenvalue weighted by atomic mass is 35.5. The maximum atomic E-state index is 13.6. The lowest BCUT2D eigenvalue weighted by atomic mass is 9.76. The number of halogens is 2. The van der Waals surface area contributed by atoms with Crippen molar-refractivity contribution in [2.24, 2.45) is 11.3 Å². The second-order valence-electron chi connectivity index (χ2n) is 6.12. The van der Waals surface area contributed by atoms with Gasteiger partial charge in [-0.05, 0) is 48.8 Å². The van der Waals surface area contributed by atoms with E-state index in [9.17, 15) is 4.39 Å². The number of benzene rings is 1. The van der Waals surface area contributed by atoms with Crippen molar-refractivity contribution in [3.63, 3.8) is 0 Å². The van der Waals surface area contributed by atoms with Gasteiger partial charge in [-0.2, -0.15) is 0 Å². The number of hydrogen-bond donors (Lipinski definition) is 1. The summed E-state index contributed by atoms with van der Waals surface area (Å²) in [6.45, 7) is 10.8. The first-order chi connectivity index (χ1) is 9.44. The Kier molecular flexibility index (Phi) is 6.97. The van der Waals surface area contributed by atoms with Crippen molar-refractivity contribution >= 4 is 11.6 Å². The molecule has 0 aliphatic rings. The highest BCUT2D eigenvalue weighted by molar-refractivity contribution is 6.31. The monoisotopic (exact) mass is 299 g/mol. The molecule has 0 aromatic heterocycles. The molecule has 0 radical (unpaired) electrons. The van der Waals surface area contributed by atoms with Gasteiger partial charge in [0.2, 0.25) is 0 Å². The second kappa shape index (κ2) is 7.99. The zero-order valence-corrected chi connectivity index (χ0v) is 13.9. The molecule has 0 fully saturated rings. The Bertz CT molecular complexity index is 413. The molecular weight excluding hydrogens is 273 g/mol. The van der Waals surface area contributed by atoms with Crippen molar-refractivity contribution < 1.29 is 4.39 Å². The van der Waals surface area contributed by atoms with Gasteiger partial charge >= 0.3 is 0 Å². The molecule has 1 aromatic rings. The molecule has 0 bridgehead atoms. The lowest BCUT2D eigenvalue weighted by Gasteiger charge is -2.33. The zero-order valence-electron chi connectivity index (χ0n) is 13.1. The third-order valence-electron chi connectivity index (χ3n) is 4.15. The fourth-order valence-corrected chi connectivity index (χ4v) is 2.72. The summed E-state index contributed by atoms with van der Waals surface area (Å²) in [7, 11) is 0. The molecule has 0 spiro atoms. The van der Waals surface area contributed by atoms with E-state index in [2.05, 4.69) is 33.0 Å². The van der Waals surface area contributed by atoms with E-state index in [0.29, 0.717) is 5.92 Å². The summed E-state index contributed by atoms with van der Waals surface area (Å²) in [5.41, 5.74) is 1.06. The third kappa shape index (κ3) is 4.75. The minimum absolute atomic E-state index is 0.145. The number of nitrogens with one attached hydrogen (secondary N) is 1. The molecule has 114 valence electrons. The molecule has 0 saturated heterocycles. The Morgan fingerprint density at radius 1 is 1.25 bits per heavy atom. The van der Waals surface area contributed by atoms with Gasteiger partial charge in [-0.25, -0.2) is 4.39 Å². The molecule has 1 N–H and O–H groups in total. The van der Waals surface area contributed by atoms with Crippen molar-refractivity contribution in [2.45, 2.75) is 47.0 Å². The fourth-order valence-electron chi connectivity index (χ4n) is 2.53. The van der Waals surface area contributed by atoms with E-state index in [0.717, 1.165) is 37.9 Å². The van der Waals surface area contributed by atoms with Crippen LogP contribution < -0.4 is 5.32 Å². The van der Waals surface area contributed by atoms with Gasteiger partial charge in [0.25, 0.3) is 0 Å². The van der Waals surface area contributed by atoms with Crippen molar-refractivity contribution in [1.82, 2.24) is 5.32 Å². The van der Waals surface area contributed by atoms with Crippen LogP contribution in [0.5, 0.6) is 0 Å². The first-order valence-corrected chi connectivity index (χ1v) is 7.95. The summed E-state index contributed by atoms with van der Waals surface area (Å²) >= 11 is 6.10. The van der Waals surface area contributed by atoms with E-state index < -0.39 is 0 Å². The van der Waals surface area contributed by atoms with Crippen LogP contribution in [0.15, 0.2) is 18.2 Å². The topological polar surface area (TPSA) is 12.0 Å². The lowest BCUT2D eigenvalue weighted by molar-refractivity contribution is 0.243. The second-order valence-corrected chi connectivity index (χ2v) is 6.50. The molecule has 0 atom stereocenters. The quantitative estimate of drug-likeness (QED) is 0.706. The predicted molar refractivity (Wildman–Crippen MR) is 85.8 cm³/mol. The van der Waals surface area contributed by atoms with Gasteiger partial charge in [0.05, 0.1) is 5.02 Å². The molecular formula is C17H27ClFN. The van der Waals surface area contributed by atoms with Crippen LogP contribution >= 0.6 is 11.6 Å². The highest BCUT2D eigenvalue weighted by Crippen LogP contribution is 2.33. The van der Waals surface area contributed by atoms with Crippen molar-refractivity contribution in [3.8, 4) is 0 Å². The summed E-state index contributed by atoms with van der Waals surface area (Å²) in [5.74, 6) is 0.319. The summed E-state index contributed by atoms with van der Waals surface area (Å²) < 4.78 is 13.6. The van der Waals surface area contributed by atoms with E-state index in [-0.39, 0.29) is 16.3 Å². The van der Waals surface area contributed by atoms with Crippen molar-refractivity contribution in [2.75, 3.05) is 13.1 Å². The lowest BCUT2D eigenvalue weighted by Crippen LogP contribution is -2.37. The van der Waals surface area contributed by atoms with Gasteiger partial charge in [0.15, 0.2) is 0 Å². The molecule has 0 unspecified atom stereocenters. The van der Waals surface area contributed by atoms with Gasteiger partial charge in [-0.15, -0.1) is 0 Å². The van der Waals surface area contributed by atoms with Crippen LogP contribution in [0.1, 0.15) is 46.1 Å². The largest absolute Gasteiger partial charge is 0.316 e. The molecule has 3 heteroatoms. The smallest absolute Gasteiger partial charge is 0.142 e. The minimum Gasteiger partial charge on any atom is -0.316 e. The van der Waals surface area contributed by atoms with Gasteiger partial charge in [-0.1, -0.05) is 51.4 Å². The van der Waals surface area contributed by atoms with E-state index in [4.69, 9.17) is 11.6 Å². The van der Waals surface area contributed by atoms with E-state index in [1.807, 2.05) is 6.07 Å². The van der Waals surface area contributed by atoms with Crippen LogP contribution in [0.25, 0.3) is 0 Å². The molecule has 0 amide bonds. The van der Waals surface area contributed by atoms with E-state index in [1.165, 1.54) is 6.07 Å². The Morgan fingerprint density at radius 2 is 1.90 bits per heavy atom. The molecule has 1 rings (SSSR count). The summed E-state index contributed by atoms with van der Waals surface area (Å²) in [5, 5.41) is 3.83. The van der Waals surface area contributed by atoms with Crippen LogP contribution in [-0.4, -0.2) is 13.1 Å². The van der Waals surface area contributed by atoms with Gasteiger partial charge in [0, 0.05) is 6.54 Å². The SMILES string of the molecule is CCC(CC)(CNCC(C)C)Cc1cccc(F)c1Cl. The van der Waals surface area contributed by atoms with Crippen molar-refractivity contribution in [3.05, 3.63) is 34.6 Å². The Balaban J connectivity index is 2.82. The third-order valence-corrected chi connectivity index (χ3v) is 4.57. The first-order valence-electron chi connectivity index (χ1n) is 7.57. The molecule has 0 heterocycles. The zero-order chi connectivity index (χ0) is 15.2. The Labute approximate surface area is 127 Å². The van der Waals surface area contributed by atoms with E-state index in [1.54, 1.807) is 6.07 Å². The van der Waals surface area contributed by atoms with Crippen LogP contribution in [-0.2, 0) is 6.42 Å². The van der Waals surface area contributed by atoms with Gasteiger partial charge in [0.1, 0.15) is 5.82 Å². The maximum Gasteiger partial charge on any atom is 0.142 e.